The first-order valence-corrected chi connectivity index (χ1v) is 9.02. The van der Waals surface area contributed by atoms with Crippen molar-refractivity contribution in [2.24, 2.45) is 0 Å². The minimum absolute atomic E-state index is 0.710. The lowest BCUT2D eigenvalue weighted by Gasteiger charge is -2.19. The summed E-state index contributed by atoms with van der Waals surface area (Å²) in [6.07, 6.45) is 3.64. The number of rotatable bonds is 4. The van der Waals surface area contributed by atoms with Gasteiger partial charge in [0.2, 0.25) is 0 Å². The summed E-state index contributed by atoms with van der Waals surface area (Å²) in [6, 6.07) is 12.4. The fourth-order valence-corrected chi connectivity index (χ4v) is 3.27. The van der Waals surface area contributed by atoms with E-state index < -0.39 is 11.8 Å². The Morgan fingerprint density at radius 1 is 0.731 bits per heavy atom. The lowest BCUT2D eigenvalue weighted by molar-refractivity contribution is 0.818. The molecule has 0 spiro atoms. The summed E-state index contributed by atoms with van der Waals surface area (Å²) < 4.78 is 17.1. The monoisotopic (exact) mass is 346 g/mol. The van der Waals surface area contributed by atoms with Crippen molar-refractivity contribution in [1.82, 2.24) is 9.97 Å². The largest absolute Gasteiger partial charge is 0.236 e. The number of aromatic nitrogens is 2. The molecule has 0 bridgehead atoms. The molecule has 1 heterocycles. The average Bonchev–Trinajstić information content (AvgIpc) is 2.61. The Balaban J connectivity index is 2.09. The van der Waals surface area contributed by atoms with Crippen molar-refractivity contribution < 1.29 is 2.74 Å². The number of benzene rings is 2. The smallest absolute Gasteiger partial charge is 0.159 e. The van der Waals surface area contributed by atoms with E-state index in [2.05, 4.69) is 34.2 Å². The minimum atomic E-state index is -0.726. The SMILES string of the molecule is [2H]C(C)(C)c1cc(-c2ccc(-c3ncc(C)cn3)cc2)cc(C([2H])(C)C)c1C. The van der Waals surface area contributed by atoms with E-state index in [0.29, 0.717) is 5.82 Å². The summed E-state index contributed by atoms with van der Waals surface area (Å²) in [6.45, 7) is 11.6. The molecule has 0 atom stereocenters. The molecule has 2 aromatic carbocycles. The van der Waals surface area contributed by atoms with Gasteiger partial charge in [-0.3, -0.25) is 0 Å². The zero-order chi connectivity index (χ0) is 20.7. The molecule has 3 rings (SSSR count). The molecule has 0 unspecified atom stereocenters. The van der Waals surface area contributed by atoms with Crippen molar-refractivity contribution >= 4 is 0 Å². The quantitative estimate of drug-likeness (QED) is 0.527. The topological polar surface area (TPSA) is 25.8 Å². The van der Waals surface area contributed by atoms with Crippen molar-refractivity contribution in [2.45, 2.75) is 53.3 Å². The standard InChI is InChI=1S/C24H28N2/c1-15(2)22-11-21(12-23(16(3)4)18(22)6)19-7-9-20(10-8-19)24-25-13-17(5)14-26-24/h7-16H,1-6H3/i15D,16D. The molecular formula is C24H28N2. The fourth-order valence-electron chi connectivity index (χ4n) is 3.27. The molecule has 0 aliphatic rings. The van der Waals surface area contributed by atoms with Crippen LogP contribution in [0.3, 0.4) is 0 Å². The zero-order valence-electron chi connectivity index (χ0n) is 18.5. The molecule has 0 saturated carbocycles. The molecule has 0 saturated heterocycles. The van der Waals surface area contributed by atoms with Crippen molar-refractivity contribution in [3.63, 3.8) is 0 Å². The van der Waals surface area contributed by atoms with Crippen LogP contribution in [0, 0.1) is 13.8 Å². The summed E-state index contributed by atoms with van der Waals surface area (Å²) in [5, 5.41) is 0. The van der Waals surface area contributed by atoms with Crippen LogP contribution in [0.15, 0.2) is 48.8 Å². The molecule has 134 valence electrons. The second-order valence-corrected chi connectivity index (χ2v) is 7.36. The van der Waals surface area contributed by atoms with Crippen molar-refractivity contribution in [1.29, 1.82) is 0 Å². The maximum absolute atomic E-state index is 8.56. The third-order valence-corrected chi connectivity index (χ3v) is 4.74. The van der Waals surface area contributed by atoms with Crippen LogP contribution < -0.4 is 0 Å². The number of hydrogen-bond acceptors (Lipinski definition) is 2. The van der Waals surface area contributed by atoms with Gasteiger partial charge in [-0.1, -0.05) is 64.1 Å². The highest BCUT2D eigenvalue weighted by molar-refractivity contribution is 5.70. The predicted octanol–water partition coefficient (Wildman–Crippen LogP) is 6.67. The van der Waals surface area contributed by atoms with Gasteiger partial charge in [0.25, 0.3) is 0 Å². The van der Waals surface area contributed by atoms with Gasteiger partial charge >= 0.3 is 0 Å². The predicted molar refractivity (Wildman–Crippen MR) is 111 cm³/mol. The first kappa shape index (κ1) is 15.7. The number of nitrogens with zero attached hydrogens (tertiary/aromatic N) is 2. The van der Waals surface area contributed by atoms with Crippen LogP contribution in [0.25, 0.3) is 22.5 Å². The third-order valence-electron chi connectivity index (χ3n) is 4.74. The fraction of sp³-hybridized carbons (Fsp3) is 0.333. The number of hydrogen-bond donors (Lipinski definition) is 0. The van der Waals surface area contributed by atoms with Gasteiger partial charge in [0.15, 0.2) is 5.82 Å². The van der Waals surface area contributed by atoms with Crippen LogP contribution in [-0.2, 0) is 0 Å². The molecule has 0 radical (unpaired) electrons. The molecule has 0 fully saturated rings. The van der Waals surface area contributed by atoms with Gasteiger partial charge in [0.05, 0.1) is 0 Å². The highest BCUT2D eigenvalue weighted by Gasteiger charge is 2.13. The van der Waals surface area contributed by atoms with E-state index in [9.17, 15) is 0 Å². The van der Waals surface area contributed by atoms with Crippen LogP contribution >= 0.6 is 0 Å². The van der Waals surface area contributed by atoms with Crippen molar-refractivity contribution in [2.75, 3.05) is 0 Å². The Hall–Kier alpha value is -2.48. The van der Waals surface area contributed by atoms with Crippen LogP contribution in [0.4, 0.5) is 0 Å². The second kappa shape index (κ2) is 7.41. The van der Waals surface area contributed by atoms with E-state index in [1.54, 1.807) is 0 Å². The van der Waals surface area contributed by atoms with Gasteiger partial charge < -0.3 is 0 Å². The first-order chi connectivity index (χ1) is 13.0. The lowest BCUT2D eigenvalue weighted by Crippen LogP contribution is -2.00. The van der Waals surface area contributed by atoms with E-state index >= 15 is 0 Å². The van der Waals surface area contributed by atoms with Gasteiger partial charge in [-0.15, -0.1) is 0 Å². The average molecular weight is 347 g/mol. The van der Waals surface area contributed by atoms with Crippen LogP contribution in [0.5, 0.6) is 0 Å². The molecular weight excluding hydrogens is 316 g/mol. The molecule has 26 heavy (non-hydrogen) atoms. The van der Waals surface area contributed by atoms with E-state index in [4.69, 9.17) is 2.74 Å². The van der Waals surface area contributed by atoms with Gasteiger partial charge in [0, 0.05) is 20.7 Å². The highest BCUT2D eigenvalue weighted by Crippen LogP contribution is 2.33. The normalized spacial score (nSPS) is 13.3. The molecule has 2 nitrogen and oxygen atoms in total. The summed E-state index contributed by atoms with van der Waals surface area (Å²) in [4.78, 5) is 8.79. The van der Waals surface area contributed by atoms with Gasteiger partial charge in [-0.05, 0) is 59.0 Å². The van der Waals surface area contributed by atoms with Gasteiger partial charge in [-0.2, -0.15) is 0 Å². The second-order valence-electron chi connectivity index (χ2n) is 7.36. The van der Waals surface area contributed by atoms with Gasteiger partial charge in [0.1, 0.15) is 0 Å². The lowest BCUT2D eigenvalue weighted by atomic mass is 9.86. The Morgan fingerprint density at radius 3 is 1.65 bits per heavy atom. The minimum Gasteiger partial charge on any atom is -0.236 e. The number of aryl methyl sites for hydroxylation is 1. The summed E-state index contributed by atoms with van der Waals surface area (Å²) in [5.41, 5.74) is 7.07. The first-order valence-electron chi connectivity index (χ1n) is 10.0. The van der Waals surface area contributed by atoms with Crippen LogP contribution in [0.1, 0.15) is 64.5 Å². The van der Waals surface area contributed by atoms with E-state index in [-0.39, 0.29) is 0 Å². The van der Waals surface area contributed by atoms with Crippen LogP contribution in [-0.4, -0.2) is 9.97 Å². The van der Waals surface area contributed by atoms with E-state index in [1.807, 2.05) is 66.1 Å². The molecule has 1 aromatic heterocycles. The maximum Gasteiger partial charge on any atom is 0.159 e. The molecule has 0 aliphatic heterocycles. The summed E-state index contributed by atoms with van der Waals surface area (Å²) in [7, 11) is 0. The molecule has 0 aliphatic carbocycles. The van der Waals surface area contributed by atoms with Crippen molar-refractivity contribution in [3.8, 4) is 22.5 Å². The molecule has 0 N–H and O–H groups in total. The molecule has 0 amide bonds. The van der Waals surface area contributed by atoms with Gasteiger partial charge in [-0.25, -0.2) is 9.97 Å². The Morgan fingerprint density at radius 2 is 1.19 bits per heavy atom. The summed E-state index contributed by atoms with van der Waals surface area (Å²) in [5.74, 6) is -0.743. The molecule has 2 heteroatoms. The Labute approximate surface area is 160 Å². The van der Waals surface area contributed by atoms with E-state index in [1.165, 1.54) is 0 Å². The third kappa shape index (κ3) is 3.70. The Bertz CT molecular complexity index is 942. The Kier molecular flexibility index (Phi) is 4.49. The zero-order valence-corrected chi connectivity index (χ0v) is 16.5. The molecule has 3 aromatic rings. The highest BCUT2D eigenvalue weighted by atomic mass is 14.9. The summed E-state index contributed by atoms with van der Waals surface area (Å²) >= 11 is 0. The van der Waals surface area contributed by atoms with Crippen LogP contribution in [0.2, 0.25) is 0 Å². The van der Waals surface area contributed by atoms with Crippen molar-refractivity contribution in [3.05, 3.63) is 71.0 Å². The maximum atomic E-state index is 8.56. The van der Waals surface area contributed by atoms with E-state index in [0.717, 1.165) is 38.9 Å².